The van der Waals surface area contributed by atoms with Gasteiger partial charge in [0.05, 0.1) is 12.1 Å². The Morgan fingerprint density at radius 1 is 1.42 bits per heavy atom. The molecule has 1 aromatic rings. The van der Waals surface area contributed by atoms with Crippen LogP contribution in [0.25, 0.3) is 0 Å². The lowest BCUT2D eigenvalue weighted by molar-refractivity contribution is -0.136. The SMILES string of the molecule is CC(C)(NC(=O)C1CNCCO1)c1ccc(Br)cc1. The zero-order chi connectivity index (χ0) is 13.9. The van der Waals surface area contributed by atoms with E-state index in [1.165, 1.54) is 0 Å². The van der Waals surface area contributed by atoms with Gasteiger partial charge in [0.1, 0.15) is 6.10 Å². The average Bonchev–Trinajstić information content (AvgIpc) is 2.40. The van der Waals surface area contributed by atoms with Gasteiger partial charge in [-0.25, -0.2) is 0 Å². The summed E-state index contributed by atoms with van der Waals surface area (Å²) in [5.74, 6) is -0.0693. The number of ether oxygens (including phenoxy) is 1. The normalized spacial score (nSPS) is 20.1. The van der Waals surface area contributed by atoms with Crippen LogP contribution in [-0.4, -0.2) is 31.7 Å². The molecule has 1 atom stereocenters. The summed E-state index contributed by atoms with van der Waals surface area (Å²) in [4.78, 5) is 12.2. The molecule has 19 heavy (non-hydrogen) atoms. The molecule has 1 aliphatic heterocycles. The first-order chi connectivity index (χ1) is 8.99. The molecule has 1 amide bonds. The molecule has 104 valence electrons. The van der Waals surface area contributed by atoms with E-state index in [0.29, 0.717) is 13.2 Å². The van der Waals surface area contributed by atoms with E-state index in [4.69, 9.17) is 4.74 Å². The van der Waals surface area contributed by atoms with Gasteiger partial charge in [-0.15, -0.1) is 0 Å². The van der Waals surface area contributed by atoms with E-state index < -0.39 is 11.6 Å². The predicted molar refractivity (Wildman–Crippen MR) is 77.9 cm³/mol. The van der Waals surface area contributed by atoms with Gasteiger partial charge in [-0.05, 0) is 31.5 Å². The summed E-state index contributed by atoms with van der Waals surface area (Å²) < 4.78 is 6.48. The van der Waals surface area contributed by atoms with Crippen molar-refractivity contribution in [2.45, 2.75) is 25.5 Å². The number of halogens is 1. The molecule has 4 nitrogen and oxygen atoms in total. The van der Waals surface area contributed by atoms with Gasteiger partial charge in [0.15, 0.2) is 0 Å². The first-order valence-corrected chi connectivity index (χ1v) is 7.19. The lowest BCUT2D eigenvalue weighted by Gasteiger charge is -2.31. The molecular formula is C14H19BrN2O2. The summed E-state index contributed by atoms with van der Waals surface area (Å²) in [6.07, 6.45) is -0.400. The fraction of sp³-hybridized carbons (Fsp3) is 0.500. The van der Waals surface area contributed by atoms with E-state index in [0.717, 1.165) is 16.6 Å². The Labute approximate surface area is 122 Å². The average molecular weight is 327 g/mol. The first kappa shape index (κ1) is 14.5. The summed E-state index contributed by atoms with van der Waals surface area (Å²) in [6.45, 7) is 5.94. The standard InChI is InChI=1S/C14H19BrN2O2/c1-14(2,10-3-5-11(15)6-4-10)17-13(18)12-9-16-7-8-19-12/h3-6,12,16H,7-9H2,1-2H3,(H,17,18). The van der Waals surface area contributed by atoms with Crippen molar-refractivity contribution in [2.75, 3.05) is 19.7 Å². The highest BCUT2D eigenvalue weighted by Gasteiger charge is 2.28. The van der Waals surface area contributed by atoms with Crippen molar-refractivity contribution in [2.24, 2.45) is 0 Å². The van der Waals surface area contributed by atoms with Gasteiger partial charge in [0.25, 0.3) is 5.91 Å². The van der Waals surface area contributed by atoms with Crippen LogP contribution in [0.2, 0.25) is 0 Å². The molecule has 0 spiro atoms. The second-order valence-electron chi connectivity index (χ2n) is 5.18. The fourth-order valence-corrected chi connectivity index (χ4v) is 2.33. The van der Waals surface area contributed by atoms with Gasteiger partial charge >= 0.3 is 0 Å². The number of carbonyl (C=O) groups excluding carboxylic acids is 1. The lowest BCUT2D eigenvalue weighted by Crippen LogP contribution is -2.52. The Morgan fingerprint density at radius 2 is 2.11 bits per heavy atom. The molecule has 1 aromatic carbocycles. The number of hydrogen-bond donors (Lipinski definition) is 2. The Morgan fingerprint density at radius 3 is 2.68 bits per heavy atom. The lowest BCUT2D eigenvalue weighted by atomic mass is 9.94. The maximum atomic E-state index is 12.2. The number of amides is 1. The van der Waals surface area contributed by atoms with E-state index in [2.05, 4.69) is 26.6 Å². The third-order valence-electron chi connectivity index (χ3n) is 3.22. The molecule has 5 heteroatoms. The van der Waals surface area contributed by atoms with Crippen LogP contribution in [0, 0.1) is 0 Å². The Kier molecular flexibility index (Phi) is 4.60. The number of carbonyl (C=O) groups is 1. The molecule has 0 bridgehead atoms. The van der Waals surface area contributed by atoms with E-state index in [-0.39, 0.29) is 5.91 Å². The molecule has 1 aliphatic rings. The Hall–Kier alpha value is -0.910. The van der Waals surface area contributed by atoms with Gasteiger partial charge in [-0.3, -0.25) is 4.79 Å². The van der Waals surface area contributed by atoms with Crippen LogP contribution >= 0.6 is 15.9 Å². The zero-order valence-corrected chi connectivity index (χ0v) is 12.8. The highest BCUT2D eigenvalue weighted by molar-refractivity contribution is 9.10. The van der Waals surface area contributed by atoms with Gasteiger partial charge in [0, 0.05) is 17.6 Å². The maximum Gasteiger partial charge on any atom is 0.251 e. The first-order valence-electron chi connectivity index (χ1n) is 6.39. The predicted octanol–water partition coefficient (Wildman–Crippen LogP) is 1.79. The van der Waals surface area contributed by atoms with Crippen LogP contribution in [0.5, 0.6) is 0 Å². The second kappa shape index (κ2) is 6.03. The van der Waals surface area contributed by atoms with E-state index in [1.54, 1.807) is 0 Å². The van der Waals surface area contributed by atoms with Crippen LogP contribution in [0.3, 0.4) is 0 Å². The fourth-order valence-electron chi connectivity index (χ4n) is 2.06. The molecule has 1 saturated heterocycles. The van der Waals surface area contributed by atoms with Crippen LogP contribution in [0.4, 0.5) is 0 Å². The van der Waals surface area contributed by atoms with Crippen molar-refractivity contribution < 1.29 is 9.53 Å². The summed E-state index contributed by atoms with van der Waals surface area (Å²) in [5.41, 5.74) is 0.645. The maximum absolute atomic E-state index is 12.2. The van der Waals surface area contributed by atoms with E-state index in [9.17, 15) is 4.79 Å². The van der Waals surface area contributed by atoms with Crippen molar-refractivity contribution in [1.29, 1.82) is 0 Å². The summed E-state index contributed by atoms with van der Waals surface area (Å²) in [6, 6.07) is 7.96. The van der Waals surface area contributed by atoms with Crippen LogP contribution in [0.15, 0.2) is 28.7 Å². The third-order valence-corrected chi connectivity index (χ3v) is 3.75. The molecule has 1 unspecified atom stereocenters. The number of benzene rings is 1. The highest BCUT2D eigenvalue weighted by Crippen LogP contribution is 2.22. The smallest absolute Gasteiger partial charge is 0.251 e. The topological polar surface area (TPSA) is 50.4 Å². The molecule has 0 aliphatic carbocycles. The summed E-state index contributed by atoms with van der Waals surface area (Å²) >= 11 is 3.41. The Balaban J connectivity index is 2.03. The second-order valence-corrected chi connectivity index (χ2v) is 6.10. The summed E-state index contributed by atoms with van der Waals surface area (Å²) in [7, 11) is 0. The molecule has 2 rings (SSSR count). The summed E-state index contributed by atoms with van der Waals surface area (Å²) in [5, 5.41) is 6.20. The highest BCUT2D eigenvalue weighted by atomic mass is 79.9. The molecule has 1 fully saturated rings. The van der Waals surface area contributed by atoms with Gasteiger partial charge in [-0.1, -0.05) is 28.1 Å². The quantitative estimate of drug-likeness (QED) is 0.890. The van der Waals surface area contributed by atoms with Crippen molar-refractivity contribution in [3.05, 3.63) is 34.3 Å². The molecule has 2 N–H and O–H groups in total. The Bertz CT molecular complexity index is 439. The number of morpholine rings is 1. The minimum Gasteiger partial charge on any atom is -0.366 e. The minimum absolute atomic E-state index is 0.0693. The van der Waals surface area contributed by atoms with Crippen molar-refractivity contribution in [3.63, 3.8) is 0 Å². The van der Waals surface area contributed by atoms with Crippen molar-refractivity contribution in [3.8, 4) is 0 Å². The largest absolute Gasteiger partial charge is 0.366 e. The van der Waals surface area contributed by atoms with E-state index in [1.807, 2.05) is 38.1 Å². The minimum atomic E-state index is -0.418. The molecule has 0 aromatic heterocycles. The van der Waals surface area contributed by atoms with Crippen LogP contribution in [-0.2, 0) is 15.1 Å². The number of rotatable bonds is 3. The molecular weight excluding hydrogens is 308 g/mol. The monoisotopic (exact) mass is 326 g/mol. The van der Waals surface area contributed by atoms with Crippen molar-refractivity contribution >= 4 is 21.8 Å². The van der Waals surface area contributed by atoms with Gasteiger partial charge in [0.2, 0.25) is 0 Å². The molecule has 0 saturated carbocycles. The van der Waals surface area contributed by atoms with Crippen LogP contribution in [0.1, 0.15) is 19.4 Å². The number of hydrogen-bond acceptors (Lipinski definition) is 3. The molecule has 0 radical (unpaired) electrons. The van der Waals surface area contributed by atoms with Crippen LogP contribution < -0.4 is 10.6 Å². The zero-order valence-electron chi connectivity index (χ0n) is 11.2. The van der Waals surface area contributed by atoms with E-state index >= 15 is 0 Å². The third kappa shape index (κ3) is 3.78. The molecule has 1 heterocycles. The van der Waals surface area contributed by atoms with Gasteiger partial charge < -0.3 is 15.4 Å². The van der Waals surface area contributed by atoms with Gasteiger partial charge in [-0.2, -0.15) is 0 Å². The van der Waals surface area contributed by atoms with Crippen molar-refractivity contribution in [1.82, 2.24) is 10.6 Å². The number of nitrogens with one attached hydrogen (secondary N) is 2.